The van der Waals surface area contributed by atoms with E-state index in [1.165, 1.54) is 93.8 Å². The fourth-order valence-electron chi connectivity index (χ4n) is 10.7. The molecule has 278 valence electrons. The Hall–Kier alpha value is -7.81. The SMILES string of the molecule is c1ccc(C2(c3ccccc3)c3ccccc3-c3ccc(-c4ccc5c(c4)c4ccccc4n5-c4cccc(-c5cc6cccc7c6c(n5)-c5ccccc5-7)c4)cc32)cc1. The van der Waals surface area contributed by atoms with Crippen LogP contribution in [0.1, 0.15) is 22.3 Å². The third-order valence-corrected chi connectivity index (χ3v) is 13.2. The molecule has 60 heavy (non-hydrogen) atoms. The Kier molecular flexibility index (Phi) is 6.97. The van der Waals surface area contributed by atoms with E-state index in [1.807, 2.05) is 0 Å². The van der Waals surface area contributed by atoms with Crippen LogP contribution in [0.5, 0.6) is 0 Å². The lowest BCUT2D eigenvalue weighted by molar-refractivity contribution is 0.769. The smallest absolute Gasteiger partial charge is 0.0800 e. The van der Waals surface area contributed by atoms with Gasteiger partial charge in [0.1, 0.15) is 0 Å². The molecule has 0 saturated carbocycles. The van der Waals surface area contributed by atoms with Gasteiger partial charge >= 0.3 is 0 Å². The highest BCUT2D eigenvalue weighted by Gasteiger charge is 2.46. The van der Waals surface area contributed by atoms with Gasteiger partial charge in [0, 0.05) is 33.0 Å². The second-order valence-electron chi connectivity index (χ2n) is 16.2. The van der Waals surface area contributed by atoms with Crippen molar-refractivity contribution in [1.29, 1.82) is 0 Å². The summed E-state index contributed by atoms with van der Waals surface area (Å²) in [6.07, 6.45) is 0. The lowest BCUT2D eigenvalue weighted by atomic mass is 9.67. The third-order valence-electron chi connectivity index (χ3n) is 13.2. The summed E-state index contributed by atoms with van der Waals surface area (Å²) in [7, 11) is 0. The van der Waals surface area contributed by atoms with Crippen molar-refractivity contribution in [3.8, 4) is 61.6 Å². The molecule has 0 amide bonds. The summed E-state index contributed by atoms with van der Waals surface area (Å²) in [6.45, 7) is 0. The van der Waals surface area contributed by atoms with Crippen molar-refractivity contribution in [2.45, 2.75) is 5.41 Å². The summed E-state index contributed by atoms with van der Waals surface area (Å²) in [5, 5.41) is 4.93. The van der Waals surface area contributed by atoms with Crippen molar-refractivity contribution in [1.82, 2.24) is 9.55 Å². The first-order chi connectivity index (χ1) is 29.8. The van der Waals surface area contributed by atoms with E-state index in [4.69, 9.17) is 4.98 Å². The Balaban J connectivity index is 0.969. The molecule has 2 aromatic heterocycles. The molecule has 2 nitrogen and oxygen atoms in total. The third kappa shape index (κ3) is 4.56. The van der Waals surface area contributed by atoms with E-state index in [0.29, 0.717) is 0 Å². The van der Waals surface area contributed by atoms with Gasteiger partial charge in [-0.25, -0.2) is 4.98 Å². The Morgan fingerprint density at radius 1 is 0.367 bits per heavy atom. The Labute approximate surface area is 348 Å². The van der Waals surface area contributed by atoms with Crippen molar-refractivity contribution in [3.05, 3.63) is 241 Å². The molecule has 0 unspecified atom stereocenters. The van der Waals surface area contributed by atoms with Crippen molar-refractivity contribution in [3.63, 3.8) is 0 Å². The number of hydrogen-bond acceptors (Lipinski definition) is 1. The van der Waals surface area contributed by atoms with Crippen LogP contribution in [0.15, 0.2) is 218 Å². The zero-order valence-corrected chi connectivity index (χ0v) is 32.7. The summed E-state index contributed by atoms with van der Waals surface area (Å²) < 4.78 is 2.42. The number of para-hydroxylation sites is 1. The molecule has 0 fully saturated rings. The largest absolute Gasteiger partial charge is 0.309 e. The minimum Gasteiger partial charge on any atom is -0.309 e. The molecule has 2 heteroatoms. The monoisotopic (exact) mass is 760 g/mol. The van der Waals surface area contributed by atoms with Gasteiger partial charge in [0.25, 0.3) is 0 Å². The average Bonchev–Trinajstić information content (AvgIpc) is 3.94. The second kappa shape index (κ2) is 12.6. The van der Waals surface area contributed by atoms with Crippen LogP contribution in [-0.2, 0) is 5.41 Å². The molecule has 0 N–H and O–H groups in total. The standard InChI is InChI=1S/C58H36N2/c1-3-17-41(18-4-1)58(42-19-5-2-6-20-42)51-27-11-9-23-45(51)46-31-29-38(35-52(46)58)37-30-32-55-50(34-37)47-24-10-12-28-54(47)60(55)43-21-13-15-39(33-43)53-36-40-16-14-26-48-44-22-7-8-25-49(44)57(59-53)56(40)48/h1-36H. The van der Waals surface area contributed by atoms with Crippen molar-refractivity contribution < 1.29 is 0 Å². The number of fused-ring (bicyclic) bond motifs is 9. The van der Waals surface area contributed by atoms with Gasteiger partial charge in [-0.3, -0.25) is 0 Å². The minimum atomic E-state index is -0.445. The van der Waals surface area contributed by atoms with Crippen LogP contribution in [0.25, 0.3) is 94.2 Å². The van der Waals surface area contributed by atoms with Gasteiger partial charge in [-0.2, -0.15) is 0 Å². The predicted molar refractivity (Wildman–Crippen MR) is 249 cm³/mol. The quantitative estimate of drug-likeness (QED) is 0.171. The van der Waals surface area contributed by atoms with Gasteiger partial charge < -0.3 is 4.57 Å². The summed E-state index contributed by atoms with van der Waals surface area (Å²) in [5.41, 5.74) is 20.1. The molecule has 0 spiro atoms. The molecule has 2 aliphatic rings. The fraction of sp³-hybridized carbons (Fsp3) is 0.0172. The molecule has 0 atom stereocenters. The maximum absolute atomic E-state index is 5.35. The highest BCUT2D eigenvalue weighted by Crippen LogP contribution is 2.57. The van der Waals surface area contributed by atoms with Crippen molar-refractivity contribution in [2.24, 2.45) is 0 Å². The van der Waals surface area contributed by atoms with Crippen LogP contribution in [0.4, 0.5) is 0 Å². The van der Waals surface area contributed by atoms with Gasteiger partial charge in [-0.15, -0.1) is 0 Å². The maximum Gasteiger partial charge on any atom is 0.0800 e. The summed E-state index contributed by atoms with van der Waals surface area (Å²) in [4.78, 5) is 5.35. The number of nitrogens with zero attached hydrogens (tertiary/aromatic N) is 2. The molecule has 0 radical (unpaired) electrons. The van der Waals surface area contributed by atoms with E-state index in [1.54, 1.807) is 0 Å². The van der Waals surface area contributed by atoms with Crippen LogP contribution in [-0.4, -0.2) is 9.55 Å². The molecule has 13 rings (SSSR count). The van der Waals surface area contributed by atoms with E-state index in [9.17, 15) is 0 Å². The first-order valence-corrected chi connectivity index (χ1v) is 20.8. The molecule has 11 aromatic rings. The van der Waals surface area contributed by atoms with E-state index >= 15 is 0 Å². The fourth-order valence-corrected chi connectivity index (χ4v) is 10.7. The molecule has 0 aliphatic heterocycles. The van der Waals surface area contributed by atoms with Crippen LogP contribution >= 0.6 is 0 Å². The Morgan fingerprint density at radius 3 is 1.83 bits per heavy atom. The number of benzene rings is 9. The number of pyridine rings is 1. The lowest BCUT2D eigenvalue weighted by Crippen LogP contribution is -2.28. The average molecular weight is 761 g/mol. The highest BCUT2D eigenvalue weighted by atomic mass is 15.0. The van der Waals surface area contributed by atoms with Crippen LogP contribution in [0.2, 0.25) is 0 Å². The Morgan fingerprint density at radius 2 is 1.00 bits per heavy atom. The van der Waals surface area contributed by atoms with E-state index in [0.717, 1.165) is 22.6 Å². The topological polar surface area (TPSA) is 17.8 Å². The van der Waals surface area contributed by atoms with Gasteiger partial charge in [0.2, 0.25) is 0 Å². The normalized spacial score (nSPS) is 13.1. The zero-order chi connectivity index (χ0) is 39.4. The number of hydrogen-bond donors (Lipinski definition) is 0. The minimum absolute atomic E-state index is 0.445. The zero-order valence-electron chi connectivity index (χ0n) is 32.7. The summed E-state index contributed by atoms with van der Waals surface area (Å²) in [6, 6.07) is 80.4. The van der Waals surface area contributed by atoms with Gasteiger partial charge in [-0.05, 0) is 103 Å². The molecular formula is C58H36N2. The van der Waals surface area contributed by atoms with E-state index in [2.05, 4.69) is 223 Å². The molecule has 2 aliphatic carbocycles. The molecule has 2 heterocycles. The van der Waals surface area contributed by atoms with E-state index < -0.39 is 5.41 Å². The van der Waals surface area contributed by atoms with Crippen molar-refractivity contribution in [2.75, 3.05) is 0 Å². The first kappa shape index (κ1) is 33.2. The van der Waals surface area contributed by atoms with Crippen LogP contribution in [0.3, 0.4) is 0 Å². The summed E-state index contributed by atoms with van der Waals surface area (Å²) >= 11 is 0. The number of aromatic nitrogens is 2. The number of rotatable bonds is 5. The lowest BCUT2D eigenvalue weighted by Gasteiger charge is -2.34. The van der Waals surface area contributed by atoms with Crippen LogP contribution in [0, 0.1) is 0 Å². The Bertz CT molecular complexity index is 3500. The second-order valence-corrected chi connectivity index (χ2v) is 16.2. The molecule has 9 aromatic carbocycles. The van der Waals surface area contributed by atoms with Crippen molar-refractivity contribution >= 4 is 32.6 Å². The molecule has 0 saturated heterocycles. The first-order valence-electron chi connectivity index (χ1n) is 20.8. The molecule has 0 bridgehead atoms. The van der Waals surface area contributed by atoms with Crippen LogP contribution < -0.4 is 0 Å². The summed E-state index contributed by atoms with van der Waals surface area (Å²) in [5.74, 6) is 0. The predicted octanol–water partition coefficient (Wildman–Crippen LogP) is 14.7. The van der Waals surface area contributed by atoms with E-state index in [-0.39, 0.29) is 0 Å². The maximum atomic E-state index is 5.35. The van der Waals surface area contributed by atoms with Gasteiger partial charge in [0.05, 0.1) is 27.8 Å². The molecular weight excluding hydrogens is 725 g/mol. The van der Waals surface area contributed by atoms with Gasteiger partial charge in [0.15, 0.2) is 0 Å². The van der Waals surface area contributed by atoms with Gasteiger partial charge in [-0.1, -0.05) is 176 Å². The highest BCUT2D eigenvalue weighted by molar-refractivity contribution is 6.15.